The zero-order valence-electron chi connectivity index (χ0n) is 25.7. The number of furan rings is 1. The maximum atomic E-state index is 6.26. The standard InChI is InChI=1S/C43H26N4O/c1-2-12-31-27(10-1)11-9-16-32(31)28-20-22-29(23-21-28)41-44-42(30-24-25-36-35-15-5-8-19-39(35)48-40(36)26-30)46-43(45-41)47-37-17-6-3-13-33(37)34-14-4-7-18-38(34)47/h1-26H. The van der Waals surface area contributed by atoms with Gasteiger partial charge in [0, 0.05) is 32.7 Å². The van der Waals surface area contributed by atoms with Gasteiger partial charge in [0.05, 0.1) is 11.0 Å². The van der Waals surface area contributed by atoms with Crippen LogP contribution in [0.1, 0.15) is 0 Å². The number of benzene rings is 7. The molecule has 0 atom stereocenters. The number of nitrogens with zero attached hydrogens (tertiary/aromatic N) is 4. The Labute approximate surface area is 275 Å². The van der Waals surface area contributed by atoms with Crippen molar-refractivity contribution >= 4 is 54.5 Å². The fourth-order valence-electron chi connectivity index (χ4n) is 7.00. The van der Waals surface area contributed by atoms with Crippen LogP contribution >= 0.6 is 0 Å². The van der Waals surface area contributed by atoms with Gasteiger partial charge in [0.2, 0.25) is 5.95 Å². The van der Waals surface area contributed by atoms with Crippen molar-refractivity contribution in [2.24, 2.45) is 0 Å². The molecular formula is C43H26N4O. The van der Waals surface area contributed by atoms with E-state index in [1.165, 1.54) is 16.3 Å². The van der Waals surface area contributed by atoms with Gasteiger partial charge in [-0.3, -0.25) is 4.57 Å². The second-order valence-electron chi connectivity index (χ2n) is 12.1. The highest BCUT2D eigenvalue weighted by Gasteiger charge is 2.18. The van der Waals surface area contributed by atoms with Crippen molar-refractivity contribution in [1.29, 1.82) is 0 Å². The number of aromatic nitrogens is 4. The summed E-state index contributed by atoms with van der Waals surface area (Å²) in [5.74, 6) is 1.75. The van der Waals surface area contributed by atoms with Gasteiger partial charge < -0.3 is 4.42 Å². The fraction of sp³-hybridized carbons (Fsp3) is 0. The molecule has 3 heterocycles. The third-order valence-electron chi connectivity index (χ3n) is 9.28. The summed E-state index contributed by atoms with van der Waals surface area (Å²) in [7, 11) is 0. The predicted molar refractivity (Wildman–Crippen MR) is 195 cm³/mol. The van der Waals surface area contributed by atoms with E-state index < -0.39 is 0 Å². The molecule has 0 unspecified atom stereocenters. The van der Waals surface area contributed by atoms with E-state index in [2.05, 4.69) is 138 Å². The van der Waals surface area contributed by atoms with Crippen LogP contribution in [0, 0.1) is 0 Å². The summed E-state index contributed by atoms with van der Waals surface area (Å²) < 4.78 is 8.40. The van der Waals surface area contributed by atoms with Crippen molar-refractivity contribution < 1.29 is 4.42 Å². The van der Waals surface area contributed by atoms with Crippen LogP contribution in [0.3, 0.4) is 0 Å². The molecule has 5 nitrogen and oxygen atoms in total. The van der Waals surface area contributed by atoms with Crippen molar-refractivity contribution in [3.8, 4) is 39.9 Å². The van der Waals surface area contributed by atoms with E-state index in [0.29, 0.717) is 17.6 Å². The third kappa shape index (κ3) is 4.15. The summed E-state index contributed by atoms with van der Waals surface area (Å²) in [5, 5.41) is 6.91. The number of fused-ring (bicyclic) bond motifs is 7. The minimum absolute atomic E-state index is 0.565. The third-order valence-corrected chi connectivity index (χ3v) is 9.28. The van der Waals surface area contributed by atoms with Gasteiger partial charge in [-0.25, -0.2) is 4.98 Å². The molecule has 0 spiro atoms. The van der Waals surface area contributed by atoms with E-state index in [4.69, 9.17) is 19.4 Å². The number of hydrogen-bond donors (Lipinski definition) is 0. The second-order valence-corrected chi connectivity index (χ2v) is 12.1. The van der Waals surface area contributed by atoms with Crippen LogP contribution in [-0.2, 0) is 0 Å². The van der Waals surface area contributed by atoms with E-state index in [1.54, 1.807) is 0 Å². The Morgan fingerprint density at radius 1 is 0.396 bits per heavy atom. The van der Waals surface area contributed by atoms with Gasteiger partial charge >= 0.3 is 0 Å². The largest absolute Gasteiger partial charge is 0.456 e. The van der Waals surface area contributed by atoms with Crippen LogP contribution in [0.4, 0.5) is 0 Å². The molecule has 0 aliphatic rings. The van der Waals surface area contributed by atoms with E-state index in [9.17, 15) is 0 Å². The zero-order valence-corrected chi connectivity index (χ0v) is 25.7. The van der Waals surface area contributed by atoms with Crippen LogP contribution in [0.15, 0.2) is 162 Å². The summed E-state index contributed by atoms with van der Waals surface area (Å²) in [6.07, 6.45) is 0. The van der Waals surface area contributed by atoms with Gasteiger partial charge in [-0.1, -0.05) is 127 Å². The van der Waals surface area contributed by atoms with Crippen molar-refractivity contribution in [3.05, 3.63) is 158 Å². The van der Waals surface area contributed by atoms with Gasteiger partial charge in [0.25, 0.3) is 0 Å². The summed E-state index contributed by atoms with van der Waals surface area (Å²) in [6, 6.07) is 54.6. The van der Waals surface area contributed by atoms with Crippen LogP contribution in [-0.4, -0.2) is 19.5 Å². The molecule has 0 saturated carbocycles. The minimum Gasteiger partial charge on any atom is -0.456 e. The highest BCUT2D eigenvalue weighted by atomic mass is 16.3. The maximum Gasteiger partial charge on any atom is 0.238 e. The minimum atomic E-state index is 0.565. The van der Waals surface area contributed by atoms with E-state index in [0.717, 1.165) is 60.4 Å². The molecule has 0 aliphatic heterocycles. The van der Waals surface area contributed by atoms with Gasteiger partial charge in [-0.15, -0.1) is 0 Å². The van der Waals surface area contributed by atoms with E-state index >= 15 is 0 Å². The molecule has 0 aliphatic carbocycles. The first kappa shape index (κ1) is 26.6. The number of hydrogen-bond acceptors (Lipinski definition) is 4. The van der Waals surface area contributed by atoms with Crippen molar-refractivity contribution in [3.63, 3.8) is 0 Å². The van der Waals surface area contributed by atoms with Gasteiger partial charge in [0.1, 0.15) is 11.2 Å². The molecular weight excluding hydrogens is 589 g/mol. The number of rotatable bonds is 4. The average molecular weight is 615 g/mol. The fourth-order valence-corrected chi connectivity index (χ4v) is 7.00. The topological polar surface area (TPSA) is 56.7 Å². The maximum absolute atomic E-state index is 6.26. The monoisotopic (exact) mass is 614 g/mol. The second kappa shape index (κ2) is 10.5. The Hall–Kier alpha value is -6.59. The molecule has 0 radical (unpaired) electrons. The summed E-state index contributed by atoms with van der Waals surface area (Å²) >= 11 is 0. The molecule has 0 saturated heterocycles. The zero-order chi connectivity index (χ0) is 31.6. The molecule has 224 valence electrons. The lowest BCUT2D eigenvalue weighted by atomic mass is 9.97. The molecule has 7 aromatic carbocycles. The smallest absolute Gasteiger partial charge is 0.238 e. The van der Waals surface area contributed by atoms with Crippen molar-refractivity contribution in [2.75, 3.05) is 0 Å². The van der Waals surface area contributed by atoms with Crippen LogP contribution in [0.25, 0.3) is 94.4 Å². The molecule has 0 bridgehead atoms. The van der Waals surface area contributed by atoms with Crippen molar-refractivity contribution in [2.45, 2.75) is 0 Å². The summed E-state index contributed by atoms with van der Waals surface area (Å²) in [5.41, 5.74) is 7.85. The lowest BCUT2D eigenvalue weighted by molar-refractivity contribution is 0.669. The SMILES string of the molecule is c1ccc2c(-c3ccc(-c4nc(-c5ccc6c(c5)oc5ccccc56)nc(-n5c6ccccc6c6ccccc65)n4)cc3)cccc2c1. The quantitative estimate of drug-likeness (QED) is 0.198. The van der Waals surface area contributed by atoms with Crippen LogP contribution < -0.4 is 0 Å². The Morgan fingerprint density at radius 3 is 1.73 bits per heavy atom. The first-order valence-electron chi connectivity index (χ1n) is 16.0. The normalized spacial score (nSPS) is 11.8. The number of para-hydroxylation sites is 3. The van der Waals surface area contributed by atoms with E-state index in [-0.39, 0.29) is 0 Å². The summed E-state index contributed by atoms with van der Waals surface area (Å²) in [6.45, 7) is 0. The lowest BCUT2D eigenvalue weighted by Crippen LogP contribution is -2.06. The molecule has 0 N–H and O–H groups in total. The molecule has 10 rings (SSSR count). The van der Waals surface area contributed by atoms with Gasteiger partial charge in [-0.2, -0.15) is 9.97 Å². The Kier molecular flexibility index (Phi) is 5.81. The Morgan fingerprint density at radius 2 is 0.958 bits per heavy atom. The Bertz CT molecular complexity index is 2790. The van der Waals surface area contributed by atoms with Crippen molar-refractivity contribution in [1.82, 2.24) is 19.5 Å². The molecule has 0 amide bonds. The van der Waals surface area contributed by atoms with E-state index in [1.807, 2.05) is 24.3 Å². The Balaban J connectivity index is 1.18. The molecule has 0 fully saturated rings. The summed E-state index contributed by atoms with van der Waals surface area (Å²) in [4.78, 5) is 15.3. The van der Waals surface area contributed by atoms with Gasteiger partial charge in [0.15, 0.2) is 11.6 Å². The average Bonchev–Trinajstić information content (AvgIpc) is 3.70. The molecule has 10 aromatic rings. The molecule has 48 heavy (non-hydrogen) atoms. The molecule has 3 aromatic heterocycles. The molecule has 5 heteroatoms. The van der Waals surface area contributed by atoms with Crippen LogP contribution in [0.2, 0.25) is 0 Å². The highest BCUT2D eigenvalue weighted by molar-refractivity contribution is 6.09. The highest BCUT2D eigenvalue weighted by Crippen LogP contribution is 2.35. The first-order valence-corrected chi connectivity index (χ1v) is 16.0. The first-order chi connectivity index (χ1) is 23.8. The predicted octanol–water partition coefficient (Wildman–Crippen LogP) is 11.0. The van der Waals surface area contributed by atoms with Gasteiger partial charge in [-0.05, 0) is 52.2 Å². The van der Waals surface area contributed by atoms with Crippen LogP contribution in [0.5, 0.6) is 0 Å². The lowest BCUT2D eigenvalue weighted by Gasteiger charge is -2.12.